The summed E-state index contributed by atoms with van der Waals surface area (Å²) in [5, 5.41) is 23.4. The molecule has 4 heterocycles. The van der Waals surface area contributed by atoms with Gasteiger partial charge in [-0.25, -0.2) is 24.1 Å². The molecule has 4 aromatic heterocycles. The molecule has 16 nitrogen and oxygen atoms in total. The Labute approximate surface area is 615 Å². The number of aliphatic carboxylic acids is 1. The van der Waals surface area contributed by atoms with E-state index in [1.165, 1.54) is 38.5 Å². The highest BCUT2D eigenvalue weighted by molar-refractivity contribution is 6.69. The van der Waals surface area contributed by atoms with Crippen molar-refractivity contribution in [3.63, 3.8) is 0 Å². The number of aliphatic imine (C=N–C) groups is 1. The molecule has 0 aliphatic carbocycles. The molecule has 0 saturated heterocycles. The fourth-order valence-electron chi connectivity index (χ4n) is 8.64. The smallest absolute Gasteiger partial charge is 0.434 e. The largest absolute Gasteiger partial charge is 0.480 e. The molecule has 29 heteroatoms. The highest BCUT2D eigenvalue weighted by Crippen LogP contribution is 2.33. The van der Waals surface area contributed by atoms with Crippen LogP contribution in [-0.4, -0.2) is 77.9 Å². The van der Waals surface area contributed by atoms with E-state index in [4.69, 9.17) is 92.0 Å². The van der Waals surface area contributed by atoms with E-state index in [0.29, 0.717) is 61.0 Å². The maximum atomic E-state index is 12.9. The first kappa shape index (κ1) is 90.3. The number of nitrogens with one attached hydrogen (secondary N) is 1. The zero-order valence-corrected chi connectivity index (χ0v) is 59.9. The van der Waals surface area contributed by atoms with Gasteiger partial charge in [0.2, 0.25) is 5.91 Å². The van der Waals surface area contributed by atoms with E-state index >= 15 is 0 Å². The summed E-state index contributed by atoms with van der Waals surface area (Å²) in [6, 6.07) is 33.7. The number of aromatic nitrogens is 8. The second-order valence-corrected chi connectivity index (χ2v) is 25.6. The third-order valence-electron chi connectivity index (χ3n) is 13.4. The molecule has 1 amide bonds. The first-order valence-electron chi connectivity index (χ1n) is 29.7. The van der Waals surface area contributed by atoms with Gasteiger partial charge in [-0.05, 0) is 180 Å². The standard InChI is InChI=1S/C20H21ClF3N5O.C12H14ClN3.C11H13ClO.C10H11Cl2N.C8H9F3N2O2.C7H4Cl2O.3CH4/c1-11(2)18-16(9-25-29(18)15-7-5-14(21)6-8-15)27-19(30)12(3)28-10-17(20(22,23)24)26-13(28)4;1-8(2)12-11(14)7-15-16(12)10-5-3-9(13)4-6-10;1-8(2)7-11(13)9-3-5-10(12)6-4-9;1-7(2)13-10(12)8-3-5-9(11)6-4-8;1-4(7(14)15)13-3-6(8(9,10)11)12-5(13)2;8-6-3-1-5(2-4-6)7(9)10;;;/h5-12H,1-4H3,(H,27,30);3-8H,14H2,1-2H3;3-6,8H,7H2,1-2H3;3-7H,1-2H3;3-4H,1-2H3,(H,14,15);1-4H;3*1H4. The molecule has 9 aromatic rings. The summed E-state index contributed by atoms with van der Waals surface area (Å²) in [6.07, 6.45) is -3.76. The molecule has 100 heavy (non-hydrogen) atoms. The van der Waals surface area contributed by atoms with Gasteiger partial charge >= 0.3 is 18.3 Å². The molecule has 5 aromatic carbocycles. The highest BCUT2D eigenvalue weighted by Gasteiger charge is 2.36. The van der Waals surface area contributed by atoms with Crippen LogP contribution in [0.1, 0.15) is 183 Å². The molecule has 4 N–H and O–H groups in total. The van der Waals surface area contributed by atoms with E-state index < -0.39 is 52.9 Å². The molecule has 544 valence electrons. The molecular weight excluding hydrogens is 1450 g/mol. The minimum absolute atomic E-state index is 0. The molecule has 2 unspecified atom stereocenters. The monoisotopic (exact) mass is 1530 g/mol. The normalized spacial score (nSPS) is 11.6. The molecule has 0 aliphatic heterocycles. The Hall–Kier alpha value is -7.70. The van der Waals surface area contributed by atoms with E-state index in [2.05, 4.69) is 44.3 Å². The Morgan fingerprint density at radius 3 is 1.22 bits per heavy atom. The summed E-state index contributed by atoms with van der Waals surface area (Å²) in [6.45, 7) is 21.7. The Balaban J connectivity index is 0.000000623. The van der Waals surface area contributed by atoms with Crippen LogP contribution in [0.4, 0.5) is 37.7 Å². The number of anilines is 2. The summed E-state index contributed by atoms with van der Waals surface area (Å²) < 4.78 is 81.2. The SMILES string of the molecule is C.C.C.CC(C)CC(=O)c1ccc(Cl)cc1.CC(C)N=C(Cl)c1ccc(Cl)cc1.CC(C)c1c(N)cnn1-c1ccc(Cl)cc1.Cc1nc(C(F)(F)F)cn1C(C)C(=O)Nc1cnn(-c2ccc(Cl)cc2)c1C(C)C.Cc1nc(C(F)(F)F)cn1C(C)C(=O)O.O=C(Cl)c1ccc(Cl)cc1. The number of carboxylic acid groups (broad SMARTS) is 1. The molecule has 0 spiro atoms. The van der Waals surface area contributed by atoms with Crippen molar-refractivity contribution in [2.45, 2.75) is 154 Å². The summed E-state index contributed by atoms with van der Waals surface area (Å²) >= 11 is 39.9. The Kier molecular flexibility index (Phi) is 37.3. The second kappa shape index (κ2) is 41.3. The number of imidazole rings is 2. The zero-order chi connectivity index (χ0) is 73.0. The zero-order valence-electron chi connectivity index (χ0n) is 54.6. The quantitative estimate of drug-likeness (QED) is 0.0382. The van der Waals surface area contributed by atoms with Crippen LogP contribution in [0.2, 0.25) is 25.1 Å². The van der Waals surface area contributed by atoms with Crippen molar-refractivity contribution in [2.75, 3.05) is 11.1 Å². The van der Waals surface area contributed by atoms with Crippen LogP contribution in [0.3, 0.4) is 0 Å². The summed E-state index contributed by atoms with van der Waals surface area (Å²) in [5.74, 6) is -0.609. The number of nitrogens with zero attached hydrogens (tertiary/aromatic N) is 9. The minimum Gasteiger partial charge on any atom is -0.480 e. The topological polar surface area (TPSA) is 210 Å². The molecule has 0 saturated carbocycles. The van der Waals surface area contributed by atoms with Crippen molar-refractivity contribution < 1.29 is 50.6 Å². The Morgan fingerprint density at radius 2 is 0.880 bits per heavy atom. The number of alkyl halides is 6. The van der Waals surface area contributed by atoms with Gasteiger partial charge in [0.1, 0.15) is 28.9 Å². The van der Waals surface area contributed by atoms with Crippen LogP contribution >= 0.6 is 81.2 Å². The number of carbonyl (C=O) groups excluding carboxylic acids is 3. The molecule has 9 rings (SSSR count). The first-order valence-corrected chi connectivity index (χ1v) is 32.3. The number of hydrogen-bond donors (Lipinski definition) is 3. The number of halogens is 13. The van der Waals surface area contributed by atoms with Crippen LogP contribution < -0.4 is 11.1 Å². The van der Waals surface area contributed by atoms with E-state index in [1.54, 1.807) is 83.7 Å². The number of aryl methyl sites for hydroxylation is 2. The molecule has 0 fully saturated rings. The lowest BCUT2D eigenvalue weighted by Gasteiger charge is -2.17. The molecular formula is C71H84Cl7F6N11O5. The van der Waals surface area contributed by atoms with Gasteiger partial charge < -0.3 is 25.3 Å². The number of hydrogen-bond acceptors (Lipinski definition) is 10. The maximum Gasteiger partial charge on any atom is 0.434 e. The van der Waals surface area contributed by atoms with Crippen molar-refractivity contribution in [1.29, 1.82) is 0 Å². The van der Waals surface area contributed by atoms with Gasteiger partial charge in [0.05, 0.1) is 46.5 Å². The second-order valence-electron chi connectivity index (χ2n) is 22.7. The molecule has 2 atom stereocenters. The van der Waals surface area contributed by atoms with Crippen molar-refractivity contribution in [1.82, 2.24) is 38.7 Å². The number of amides is 1. The lowest BCUT2D eigenvalue weighted by Crippen LogP contribution is -2.24. The number of nitrogens with two attached hydrogens (primary N) is 1. The third-order valence-corrected chi connectivity index (χ3v) is 15.2. The number of Topliss-reactive ketones (excluding diaryl/α,β-unsaturated/α-hetero) is 1. The number of nitrogen functional groups attached to an aromatic ring is 1. The number of carbonyl (C=O) groups is 4. The van der Waals surface area contributed by atoms with Crippen LogP contribution in [0.15, 0.2) is 151 Å². The van der Waals surface area contributed by atoms with E-state index in [9.17, 15) is 45.5 Å². The van der Waals surface area contributed by atoms with Crippen LogP contribution in [0, 0.1) is 19.8 Å². The van der Waals surface area contributed by atoms with Crippen LogP contribution in [0.25, 0.3) is 11.4 Å². The lowest BCUT2D eigenvalue weighted by molar-refractivity contribution is -0.142. The fourth-order valence-corrected chi connectivity index (χ4v) is 9.72. The number of ketones is 1. The van der Waals surface area contributed by atoms with Crippen LogP contribution in [0.5, 0.6) is 0 Å². The van der Waals surface area contributed by atoms with Gasteiger partial charge in [-0.2, -0.15) is 36.5 Å². The summed E-state index contributed by atoms with van der Waals surface area (Å²) in [5.41, 5.74) is 10.7. The predicted molar refractivity (Wildman–Crippen MR) is 395 cm³/mol. The van der Waals surface area contributed by atoms with Crippen molar-refractivity contribution in [2.24, 2.45) is 10.9 Å². The van der Waals surface area contributed by atoms with Gasteiger partial charge in [-0.3, -0.25) is 19.4 Å². The maximum absolute atomic E-state index is 12.9. The minimum atomic E-state index is -4.57. The van der Waals surface area contributed by atoms with Gasteiger partial charge in [0, 0.05) is 66.7 Å². The molecule has 0 radical (unpaired) electrons. The van der Waals surface area contributed by atoms with E-state index in [-0.39, 0.29) is 51.7 Å². The van der Waals surface area contributed by atoms with E-state index in [0.717, 1.165) is 55.4 Å². The highest BCUT2D eigenvalue weighted by atomic mass is 35.5. The van der Waals surface area contributed by atoms with Crippen molar-refractivity contribution in [3.05, 3.63) is 222 Å². The fraction of sp³-hybridized carbons (Fsp3) is 0.338. The predicted octanol–water partition coefficient (Wildman–Crippen LogP) is 22.4. The number of benzene rings is 5. The third kappa shape index (κ3) is 28.0. The Bertz CT molecular complexity index is 4060. The summed E-state index contributed by atoms with van der Waals surface area (Å²) in [4.78, 5) is 56.4. The van der Waals surface area contributed by atoms with Crippen molar-refractivity contribution in [3.8, 4) is 11.4 Å². The molecule has 0 bridgehead atoms. The van der Waals surface area contributed by atoms with Gasteiger partial charge in [-0.1, -0.05) is 146 Å². The summed E-state index contributed by atoms with van der Waals surface area (Å²) in [7, 11) is 0. The first-order chi connectivity index (χ1) is 45.2. The van der Waals surface area contributed by atoms with Gasteiger partial charge in [-0.15, -0.1) is 0 Å². The van der Waals surface area contributed by atoms with Crippen molar-refractivity contribution >= 4 is 121 Å². The van der Waals surface area contributed by atoms with E-state index in [1.807, 2.05) is 94.8 Å². The van der Waals surface area contributed by atoms with Gasteiger partial charge in [0.25, 0.3) is 5.24 Å². The van der Waals surface area contributed by atoms with Crippen LogP contribution in [-0.2, 0) is 21.9 Å². The number of rotatable bonds is 15. The Morgan fingerprint density at radius 1 is 0.530 bits per heavy atom. The average Bonchev–Trinajstić information content (AvgIpc) is 1.66. The number of carboxylic acids is 1. The lowest BCUT2D eigenvalue weighted by atomic mass is 10.0. The van der Waals surface area contributed by atoms with Gasteiger partial charge in [0.15, 0.2) is 17.2 Å². The molecule has 0 aliphatic rings. The average molecular weight is 1530 g/mol.